The summed E-state index contributed by atoms with van der Waals surface area (Å²) in [5, 5.41) is 38.0. The van der Waals surface area contributed by atoms with Gasteiger partial charge in [-0.1, -0.05) is 174 Å². The first-order valence-corrected chi connectivity index (χ1v) is 18.7. The van der Waals surface area contributed by atoms with Crippen LogP contribution in [0, 0.1) is 0 Å². The molecule has 252 valence electrons. The van der Waals surface area contributed by atoms with Crippen LogP contribution in [-0.4, -0.2) is 40.6 Å². The Labute approximate surface area is 267 Å². The van der Waals surface area contributed by atoms with Gasteiger partial charge in [-0.05, 0) is 25.0 Å². The normalized spacial score (nSPS) is 12.8. The molecule has 0 fully saturated rings. The van der Waals surface area contributed by atoms with Crippen molar-refractivity contribution in [3.8, 4) is 5.75 Å². The van der Waals surface area contributed by atoms with Gasteiger partial charge in [-0.25, -0.2) is 0 Å². The lowest BCUT2D eigenvalue weighted by atomic mass is 10.0. The summed E-state index contributed by atoms with van der Waals surface area (Å²) in [6.07, 6.45) is 32.3. The standard InChI is InChI=1S/C38H72N2O3/c1-3-5-7-9-11-13-15-17-19-21-23-25-28-34(41)32-39-36-30-27-31-37(43)38(36)40-33-35(42)29-26-24-22-20-18-16-14-12-10-8-6-4-2/h27,30-31,34-35,39-43H,3-26,28-29,32-33H2,1-2H3. The molecule has 1 aromatic carbocycles. The van der Waals surface area contributed by atoms with Crippen LogP contribution in [-0.2, 0) is 0 Å². The highest BCUT2D eigenvalue weighted by atomic mass is 16.3. The molecule has 0 aliphatic carbocycles. The average Bonchev–Trinajstić information content (AvgIpc) is 3.00. The summed E-state index contributed by atoms with van der Waals surface area (Å²) >= 11 is 0. The van der Waals surface area contributed by atoms with E-state index >= 15 is 0 Å². The number of para-hydroxylation sites is 1. The minimum Gasteiger partial charge on any atom is -0.506 e. The molecular weight excluding hydrogens is 532 g/mol. The Morgan fingerprint density at radius 3 is 1.23 bits per heavy atom. The van der Waals surface area contributed by atoms with Crippen molar-refractivity contribution in [3.63, 3.8) is 0 Å². The van der Waals surface area contributed by atoms with E-state index in [0.29, 0.717) is 18.8 Å². The van der Waals surface area contributed by atoms with E-state index in [-0.39, 0.29) is 5.75 Å². The van der Waals surface area contributed by atoms with E-state index in [0.717, 1.165) is 31.4 Å². The Bertz CT molecular complexity index is 729. The minimum absolute atomic E-state index is 0.165. The second-order valence-electron chi connectivity index (χ2n) is 13.1. The van der Waals surface area contributed by atoms with E-state index in [1.165, 1.54) is 141 Å². The third-order valence-electron chi connectivity index (χ3n) is 8.87. The van der Waals surface area contributed by atoms with E-state index in [1.807, 2.05) is 12.1 Å². The van der Waals surface area contributed by atoms with Crippen LogP contribution in [0.15, 0.2) is 18.2 Å². The van der Waals surface area contributed by atoms with Gasteiger partial charge in [0.05, 0.1) is 17.9 Å². The molecule has 0 amide bonds. The van der Waals surface area contributed by atoms with E-state index < -0.39 is 12.2 Å². The van der Waals surface area contributed by atoms with Gasteiger partial charge in [-0.3, -0.25) is 0 Å². The molecule has 1 rings (SSSR count). The van der Waals surface area contributed by atoms with E-state index in [4.69, 9.17) is 0 Å². The summed E-state index contributed by atoms with van der Waals surface area (Å²) in [6.45, 7) is 5.41. The van der Waals surface area contributed by atoms with Crippen LogP contribution in [0.2, 0.25) is 0 Å². The van der Waals surface area contributed by atoms with Crippen molar-refractivity contribution in [3.05, 3.63) is 18.2 Å². The number of aromatic hydroxyl groups is 1. The Morgan fingerprint density at radius 2 is 0.837 bits per heavy atom. The summed E-state index contributed by atoms with van der Waals surface area (Å²) in [7, 11) is 0. The van der Waals surface area contributed by atoms with Gasteiger partial charge in [-0.2, -0.15) is 0 Å². The van der Waals surface area contributed by atoms with Gasteiger partial charge in [0.1, 0.15) is 11.4 Å². The van der Waals surface area contributed by atoms with E-state index in [1.54, 1.807) is 6.07 Å². The molecule has 0 saturated heterocycles. The molecule has 5 N–H and O–H groups in total. The van der Waals surface area contributed by atoms with Crippen LogP contribution >= 0.6 is 0 Å². The Hall–Kier alpha value is -1.46. The number of rotatable bonds is 32. The lowest BCUT2D eigenvalue weighted by Gasteiger charge is -2.19. The van der Waals surface area contributed by atoms with Crippen LogP contribution in [0.3, 0.4) is 0 Å². The molecule has 0 bridgehead atoms. The molecule has 5 heteroatoms. The quantitative estimate of drug-likeness (QED) is 0.0417. The fraction of sp³-hybridized carbons (Fsp3) is 0.842. The molecule has 0 aliphatic heterocycles. The molecule has 2 atom stereocenters. The van der Waals surface area contributed by atoms with Gasteiger partial charge in [0.15, 0.2) is 0 Å². The van der Waals surface area contributed by atoms with Crippen molar-refractivity contribution < 1.29 is 15.3 Å². The molecule has 1 aromatic rings. The van der Waals surface area contributed by atoms with Crippen LogP contribution in [0.4, 0.5) is 11.4 Å². The van der Waals surface area contributed by atoms with Gasteiger partial charge in [0, 0.05) is 13.1 Å². The minimum atomic E-state index is -0.438. The van der Waals surface area contributed by atoms with Crippen LogP contribution in [0.1, 0.15) is 181 Å². The second-order valence-corrected chi connectivity index (χ2v) is 13.1. The maximum atomic E-state index is 10.5. The lowest BCUT2D eigenvalue weighted by molar-refractivity contribution is 0.172. The first kappa shape index (κ1) is 39.6. The fourth-order valence-electron chi connectivity index (χ4n) is 5.97. The number of aliphatic hydroxyl groups is 2. The Balaban J connectivity index is 2.11. The number of phenolic OH excluding ortho intramolecular Hbond substituents is 1. The Kier molecular flexibility index (Phi) is 26.9. The molecule has 0 spiro atoms. The predicted octanol–water partition coefficient (Wildman–Crippen LogP) is 11.1. The number of hydrogen-bond acceptors (Lipinski definition) is 5. The maximum absolute atomic E-state index is 10.5. The SMILES string of the molecule is CCCCCCCCCCCCCCC(O)CNc1cccc(O)c1NCC(O)CCCCCCCCCCCCCC. The van der Waals surface area contributed by atoms with Crippen molar-refractivity contribution in [2.45, 2.75) is 193 Å². The van der Waals surface area contributed by atoms with Gasteiger partial charge < -0.3 is 26.0 Å². The van der Waals surface area contributed by atoms with Crippen LogP contribution in [0.5, 0.6) is 5.75 Å². The molecule has 0 aliphatic rings. The maximum Gasteiger partial charge on any atom is 0.140 e. The lowest BCUT2D eigenvalue weighted by Crippen LogP contribution is -2.22. The third-order valence-corrected chi connectivity index (χ3v) is 8.87. The van der Waals surface area contributed by atoms with Crippen molar-refractivity contribution in [2.75, 3.05) is 23.7 Å². The zero-order chi connectivity index (χ0) is 31.2. The highest BCUT2D eigenvalue weighted by molar-refractivity contribution is 5.75. The van der Waals surface area contributed by atoms with Crippen molar-refractivity contribution in [1.29, 1.82) is 0 Å². The molecule has 0 saturated carbocycles. The van der Waals surface area contributed by atoms with E-state index in [2.05, 4.69) is 24.5 Å². The summed E-state index contributed by atoms with van der Waals surface area (Å²) in [4.78, 5) is 0. The molecule has 43 heavy (non-hydrogen) atoms. The zero-order valence-electron chi connectivity index (χ0n) is 28.5. The summed E-state index contributed by atoms with van der Waals surface area (Å²) < 4.78 is 0. The van der Waals surface area contributed by atoms with Gasteiger partial charge in [-0.15, -0.1) is 0 Å². The molecule has 5 nitrogen and oxygen atoms in total. The molecule has 0 aromatic heterocycles. The smallest absolute Gasteiger partial charge is 0.140 e. The number of nitrogens with one attached hydrogen (secondary N) is 2. The largest absolute Gasteiger partial charge is 0.506 e. The summed E-state index contributed by atoms with van der Waals surface area (Å²) in [5.74, 6) is 0.165. The highest BCUT2D eigenvalue weighted by Crippen LogP contribution is 2.31. The molecular formula is C38H72N2O3. The zero-order valence-corrected chi connectivity index (χ0v) is 28.5. The molecule has 0 radical (unpaired) electrons. The molecule has 2 unspecified atom stereocenters. The topological polar surface area (TPSA) is 84.8 Å². The van der Waals surface area contributed by atoms with Crippen LogP contribution < -0.4 is 10.6 Å². The van der Waals surface area contributed by atoms with Gasteiger partial charge in [0.2, 0.25) is 0 Å². The monoisotopic (exact) mass is 605 g/mol. The van der Waals surface area contributed by atoms with Crippen molar-refractivity contribution >= 4 is 11.4 Å². The van der Waals surface area contributed by atoms with Crippen molar-refractivity contribution in [2.24, 2.45) is 0 Å². The van der Waals surface area contributed by atoms with Gasteiger partial charge in [0.25, 0.3) is 0 Å². The number of anilines is 2. The second kappa shape index (κ2) is 29.3. The van der Waals surface area contributed by atoms with Crippen LogP contribution in [0.25, 0.3) is 0 Å². The first-order chi connectivity index (χ1) is 21.1. The molecule has 0 heterocycles. The van der Waals surface area contributed by atoms with Crippen molar-refractivity contribution in [1.82, 2.24) is 0 Å². The van der Waals surface area contributed by atoms with Gasteiger partial charge >= 0.3 is 0 Å². The number of benzene rings is 1. The summed E-state index contributed by atoms with van der Waals surface area (Å²) in [6, 6.07) is 5.38. The van der Waals surface area contributed by atoms with E-state index in [9.17, 15) is 15.3 Å². The Morgan fingerprint density at radius 1 is 0.488 bits per heavy atom. The first-order valence-electron chi connectivity index (χ1n) is 18.7. The number of unbranched alkanes of at least 4 members (excludes halogenated alkanes) is 22. The number of hydrogen-bond donors (Lipinski definition) is 5. The average molecular weight is 605 g/mol. The number of aliphatic hydroxyl groups excluding tert-OH is 2. The predicted molar refractivity (Wildman–Crippen MR) is 188 cm³/mol. The highest BCUT2D eigenvalue weighted by Gasteiger charge is 2.12. The third kappa shape index (κ3) is 23.6. The summed E-state index contributed by atoms with van der Waals surface area (Å²) in [5.41, 5.74) is 1.38. The fourth-order valence-corrected chi connectivity index (χ4v) is 5.97. The number of phenols is 1.